The molecule has 0 saturated carbocycles. The van der Waals surface area contributed by atoms with Gasteiger partial charge in [-0.15, -0.1) is 0 Å². The van der Waals surface area contributed by atoms with Crippen LogP contribution in [0.15, 0.2) is 41.4 Å². The second-order valence-corrected chi connectivity index (χ2v) is 3.92. The Morgan fingerprint density at radius 3 is 2.73 bits per heavy atom. The van der Waals surface area contributed by atoms with Crippen molar-refractivity contribution in [2.45, 2.75) is 12.8 Å². The molecule has 0 amide bonds. The summed E-state index contributed by atoms with van der Waals surface area (Å²) < 4.78 is 7.09. The Balaban J connectivity index is 2.41. The summed E-state index contributed by atoms with van der Waals surface area (Å²) in [4.78, 5) is 0. The van der Waals surface area contributed by atoms with E-state index in [1.807, 2.05) is 35.9 Å². The fraction of sp³-hybridized carbons (Fsp3) is 0.273. The molecule has 0 spiro atoms. The SMILES string of the molecule is CCOC(O)(c1ccsc1)n1cccc1. The molecule has 0 aliphatic heterocycles. The first-order chi connectivity index (χ1) is 7.27. The third kappa shape index (κ3) is 1.84. The van der Waals surface area contributed by atoms with Crippen LogP contribution in [0.3, 0.4) is 0 Å². The van der Waals surface area contributed by atoms with Crippen molar-refractivity contribution in [3.8, 4) is 0 Å². The van der Waals surface area contributed by atoms with Gasteiger partial charge >= 0.3 is 0 Å². The lowest BCUT2D eigenvalue weighted by atomic mass is 10.2. The van der Waals surface area contributed by atoms with Crippen LogP contribution >= 0.6 is 11.3 Å². The van der Waals surface area contributed by atoms with Gasteiger partial charge < -0.3 is 9.84 Å². The minimum absolute atomic E-state index is 0.449. The van der Waals surface area contributed by atoms with Crippen molar-refractivity contribution in [3.05, 3.63) is 46.9 Å². The van der Waals surface area contributed by atoms with Crippen LogP contribution in [0.2, 0.25) is 0 Å². The number of hydrogen-bond donors (Lipinski definition) is 1. The van der Waals surface area contributed by atoms with E-state index in [1.165, 1.54) is 11.3 Å². The molecule has 4 heteroatoms. The molecule has 0 aromatic carbocycles. The van der Waals surface area contributed by atoms with Gasteiger partial charge in [0.05, 0.1) is 0 Å². The van der Waals surface area contributed by atoms with Gasteiger partial charge in [0, 0.05) is 29.9 Å². The Labute approximate surface area is 92.6 Å². The molecule has 2 rings (SSSR count). The van der Waals surface area contributed by atoms with E-state index in [-0.39, 0.29) is 0 Å². The Hall–Kier alpha value is -1.10. The van der Waals surface area contributed by atoms with Gasteiger partial charge in [0.1, 0.15) is 0 Å². The summed E-state index contributed by atoms with van der Waals surface area (Å²) in [5.41, 5.74) is 0.755. The Morgan fingerprint density at radius 1 is 1.47 bits per heavy atom. The molecular formula is C11H13NO2S. The molecular weight excluding hydrogens is 210 g/mol. The second-order valence-electron chi connectivity index (χ2n) is 3.14. The average Bonchev–Trinajstić information content (AvgIpc) is 2.92. The standard InChI is InChI=1S/C11H13NO2S/c1-2-14-11(13,10-5-8-15-9-10)12-6-3-4-7-12/h3-9,13H,2H2,1H3. The highest BCUT2D eigenvalue weighted by Gasteiger charge is 2.31. The largest absolute Gasteiger partial charge is 0.345 e. The maximum absolute atomic E-state index is 10.5. The molecule has 0 aliphatic carbocycles. The molecule has 0 fully saturated rings. The van der Waals surface area contributed by atoms with Crippen molar-refractivity contribution in [1.29, 1.82) is 0 Å². The van der Waals surface area contributed by atoms with E-state index in [9.17, 15) is 5.11 Å². The average molecular weight is 223 g/mol. The van der Waals surface area contributed by atoms with Gasteiger partial charge in [0.25, 0.3) is 5.91 Å². The third-order valence-electron chi connectivity index (χ3n) is 2.20. The number of ether oxygens (including phenoxy) is 1. The monoisotopic (exact) mass is 223 g/mol. The van der Waals surface area contributed by atoms with E-state index in [4.69, 9.17) is 4.74 Å². The van der Waals surface area contributed by atoms with Crippen molar-refractivity contribution in [2.75, 3.05) is 6.61 Å². The third-order valence-corrected chi connectivity index (χ3v) is 2.88. The van der Waals surface area contributed by atoms with Crippen LogP contribution in [-0.4, -0.2) is 16.3 Å². The first kappa shape index (κ1) is 10.4. The molecule has 0 aliphatic rings. The van der Waals surface area contributed by atoms with Gasteiger partial charge in [-0.05, 0) is 30.5 Å². The zero-order chi connectivity index (χ0) is 10.7. The van der Waals surface area contributed by atoms with Crippen LogP contribution in [0.4, 0.5) is 0 Å². The maximum atomic E-state index is 10.5. The smallest absolute Gasteiger partial charge is 0.282 e. The summed E-state index contributed by atoms with van der Waals surface area (Å²) in [5, 5.41) is 14.3. The van der Waals surface area contributed by atoms with Crippen LogP contribution < -0.4 is 0 Å². The van der Waals surface area contributed by atoms with E-state index in [2.05, 4.69) is 0 Å². The van der Waals surface area contributed by atoms with E-state index in [0.29, 0.717) is 6.61 Å². The highest BCUT2D eigenvalue weighted by atomic mass is 32.1. The van der Waals surface area contributed by atoms with Crippen molar-refractivity contribution >= 4 is 11.3 Å². The summed E-state index contributed by atoms with van der Waals surface area (Å²) >= 11 is 1.54. The highest BCUT2D eigenvalue weighted by molar-refractivity contribution is 7.08. The highest BCUT2D eigenvalue weighted by Crippen LogP contribution is 2.26. The van der Waals surface area contributed by atoms with Gasteiger partial charge in [-0.3, -0.25) is 4.57 Å². The molecule has 2 heterocycles. The quantitative estimate of drug-likeness (QED) is 0.807. The van der Waals surface area contributed by atoms with Crippen LogP contribution in [0, 0.1) is 0 Å². The van der Waals surface area contributed by atoms with Gasteiger partial charge in [-0.2, -0.15) is 11.3 Å². The van der Waals surface area contributed by atoms with Gasteiger partial charge in [-0.1, -0.05) is 0 Å². The molecule has 3 nitrogen and oxygen atoms in total. The fourth-order valence-corrected chi connectivity index (χ4v) is 2.18. The maximum Gasteiger partial charge on any atom is 0.282 e. The normalized spacial score (nSPS) is 15.1. The zero-order valence-corrected chi connectivity index (χ0v) is 9.28. The predicted octanol–water partition coefficient (Wildman–Crippen LogP) is 2.24. The number of thiophene rings is 1. The lowest BCUT2D eigenvalue weighted by Gasteiger charge is -2.28. The molecule has 2 aromatic rings. The van der Waals surface area contributed by atoms with Gasteiger partial charge in [0.2, 0.25) is 0 Å². The minimum atomic E-state index is -1.38. The van der Waals surface area contributed by atoms with Crippen molar-refractivity contribution in [2.24, 2.45) is 0 Å². The topological polar surface area (TPSA) is 34.4 Å². The van der Waals surface area contributed by atoms with Crippen molar-refractivity contribution in [3.63, 3.8) is 0 Å². The Kier molecular flexibility index (Phi) is 2.90. The van der Waals surface area contributed by atoms with E-state index in [1.54, 1.807) is 17.0 Å². The number of rotatable bonds is 4. The summed E-state index contributed by atoms with van der Waals surface area (Å²) in [6.45, 7) is 2.31. The summed E-state index contributed by atoms with van der Waals surface area (Å²) in [5.74, 6) is -1.38. The van der Waals surface area contributed by atoms with E-state index < -0.39 is 5.91 Å². The van der Waals surface area contributed by atoms with Gasteiger partial charge in [0.15, 0.2) is 0 Å². The lowest BCUT2D eigenvalue weighted by molar-refractivity contribution is -0.229. The van der Waals surface area contributed by atoms with E-state index >= 15 is 0 Å². The van der Waals surface area contributed by atoms with Gasteiger partial charge in [-0.25, -0.2) is 0 Å². The molecule has 0 radical (unpaired) electrons. The lowest BCUT2D eigenvalue weighted by Crippen LogP contribution is -2.36. The molecule has 2 aromatic heterocycles. The second kappa shape index (κ2) is 4.18. The number of hydrogen-bond acceptors (Lipinski definition) is 3. The minimum Gasteiger partial charge on any atom is -0.345 e. The predicted molar refractivity (Wildman–Crippen MR) is 59.7 cm³/mol. The van der Waals surface area contributed by atoms with Crippen LogP contribution in [0.25, 0.3) is 0 Å². The molecule has 0 bridgehead atoms. The fourth-order valence-electron chi connectivity index (χ4n) is 1.49. The first-order valence-electron chi connectivity index (χ1n) is 4.80. The van der Waals surface area contributed by atoms with Crippen molar-refractivity contribution < 1.29 is 9.84 Å². The molecule has 80 valence electrons. The number of aromatic nitrogens is 1. The summed E-state index contributed by atoms with van der Waals surface area (Å²) in [6, 6.07) is 5.58. The number of nitrogens with zero attached hydrogens (tertiary/aromatic N) is 1. The molecule has 15 heavy (non-hydrogen) atoms. The first-order valence-corrected chi connectivity index (χ1v) is 5.74. The summed E-state index contributed by atoms with van der Waals surface area (Å²) in [7, 11) is 0. The van der Waals surface area contributed by atoms with Crippen LogP contribution in [0.1, 0.15) is 12.5 Å². The molecule has 1 atom stereocenters. The van der Waals surface area contributed by atoms with Crippen molar-refractivity contribution in [1.82, 2.24) is 4.57 Å². The molecule has 0 saturated heterocycles. The van der Waals surface area contributed by atoms with Crippen LogP contribution in [0.5, 0.6) is 0 Å². The number of aliphatic hydroxyl groups is 1. The van der Waals surface area contributed by atoms with E-state index in [0.717, 1.165) is 5.56 Å². The Morgan fingerprint density at radius 2 is 2.20 bits per heavy atom. The Bertz CT molecular complexity index is 360. The summed E-state index contributed by atoms with van der Waals surface area (Å²) in [6.07, 6.45) is 3.57. The zero-order valence-electron chi connectivity index (χ0n) is 8.46. The molecule has 1 unspecified atom stereocenters. The molecule has 1 N–H and O–H groups in total. The van der Waals surface area contributed by atoms with Crippen LogP contribution in [-0.2, 0) is 10.6 Å².